The molecule has 186 valence electrons. The molecule has 2 fully saturated rings. The van der Waals surface area contributed by atoms with Crippen LogP contribution in [0, 0.1) is 0 Å². The Bertz CT molecular complexity index is 1050. The minimum Gasteiger partial charge on any atom is -0.486 e. The second kappa shape index (κ2) is 10.3. The van der Waals surface area contributed by atoms with Gasteiger partial charge in [0.25, 0.3) is 5.91 Å². The van der Waals surface area contributed by atoms with Crippen molar-refractivity contribution < 1.29 is 23.8 Å². The Morgan fingerprint density at radius 3 is 2.40 bits per heavy atom. The van der Waals surface area contributed by atoms with E-state index in [0.29, 0.717) is 52.2 Å². The van der Waals surface area contributed by atoms with Crippen molar-refractivity contribution in [2.75, 3.05) is 53.1 Å². The Hall–Kier alpha value is -3.10. The summed E-state index contributed by atoms with van der Waals surface area (Å²) in [5.41, 5.74) is 1.49. The number of benzene rings is 2. The number of urea groups is 1. The standard InChI is InChI=1S/C27H33N3O5/c1-33-16-15-30-26(32)29(12-9-21-5-3-2-4-6-21)25(31)27(30)10-13-28(14-11-27)20-22-7-8-23-24(19-22)35-18-17-34-23/h2-8,19H,9-18,20H2,1H3. The number of imide groups is 1. The highest BCUT2D eigenvalue weighted by atomic mass is 16.6. The quantitative estimate of drug-likeness (QED) is 0.542. The van der Waals surface area contributed by atoms with Gasteiger partial charge in [0.2, 0.25) is 0 Å². The maximum absolute atomic E-state index is 13.7. The van der Waals surface area contributed by atoms with E-state index in [1.807, 2.05) is 42.5 Å². The average molecular weight is 480 g/mol. The largest absolute Gasteiger partial charge is 0.486 e. The summed E-state index contributed by atoms with van der Waals surface area (Å²) in [6.07, 6.45) is 1.89. The van der Waals surface area contributed by atoms with Crippen LogP contribution in [0.2, 0.25) is 0 Å². The van der Waals surface area contributed by atoms with Gasteiger partial charge in [0, 0.05) is 39.8 Å². The van der Waals surface area contributed by atoms with Gasteiger partial charge in [-0.1, -0.05) is 36.4 Å². The zero-order valence-corrected chi connectivity index (χ0v) is 20.3. The van der Waals surface area contributed by atoms with Gasteiger partial charge in [0.15, 0.2) is 11.5 Å². The molecule has 3 aliphatic heterocycles. The molecule has 0 N–H and O–H groups in total. The number of carbonyl (C=O) groups is 2. The van der Waals surface area contributed by atoms with Gasteiger partial charge in [-0.25, -0.2) is 4.79 Å². The molecule has 2 saturated heterocycles. The van der Waals surface area contributed by atoms with E-state index in [0.717, 1.165) is 42.3 Å². The number of likely N-dealkylation sites (tertiary alicyclic amines) is 1. The summed E-state index contributed by atoms with van der Waals surface area (Å²) in [5.74, 6) is 1.52. The first-order valence-electron chi connectivity index (χ1n) is 12.4. The van der Waals surface area contributed by atoms with E-state index in [1.54, 1.807) is 12.0 Å². The first-order chi connectivity index (χ1) is 17.1. The molecule has 0 bridgehead atoms. The number of carbonyl (C=O) groups excluding carboxylic acids is 2. The molecule has 0 unspecified atom stereocenters. The Labute approximate surface area is 206 Å². The van der Waals surface area contributed by atoms with E-state index in [1.165, 1.54) is 4.90 Å². The molecule has 0 atom stereocenters. The summed E-state index contributed by atoms with van der Waals surface area (Å²) in [7, 11) is 1.62. The topological polar surface area (TPSA) is 71.6 Å². The molecule has 8 heteroatoms. The minimum atomic E-state index is -0.782. The van der Waals surface area contributed by atoms with Crippen LogP contribution in [0.15, 0.2) is 48.5 Å². The van der Waals surface area contributed by atoms with Crippen LogP contribution in [0.1, 0.15) is 24.0 Å². The number of nitrogens with zero attached hydrogens (tertiary/aromatic N) is 3. The van der Waals surface area contributed by atoms with E-state index < -0.39 is 5.54 Å². The van der Waals surface area contributed by atoms with Crippen LogP contribution in [-0.2, 0) is 22.5 Å². The normalized spacial score (nSPS) is 19.6. The molecule has 1 spiro atoms. The third kappa shape index (κ3) is 4.73. The fourth-order valence-corrected chi connectivity index (χ4v) is 5.37. The third-order valence-corrected chi connectivity index (χ3v) is 7.30. The molecule has 0 aliphatic carbocycles. The maximum atomic E-state index is 13.7. The van der Waals surface area contributed by atoms with Crippen molar-refractivity contribution in [2.45, 2.75) is 31.3 Å². The molecule has 0 radical (unpaired) electrons. The number of methoxy groups -OCH3 is 1. The van der Waals surface area contributed by atoms with E-state index >= 15 is 0 Å². The third-order valence-electron chi connectivity index (χ3n) is 7.30. The van der Waals surface area contributed by atoms with E-state index in [4.69, 9.17) is 14.2 Å². The van der Waals surface area contributed by atoms with E-state index in [2.05, 4.69) is 11.0 Å². The number of piperidine rings is 1. The number of rotatable bonds is 8. The minimum absolute atomic E-state index is 0.0616. The first-order valence-corrected chi connectivity index (χ1v) is 12.4. The lowest BCUT2D eigenvalue weighted by molar-refractivity contribution is -0.135. The highest BCUT2D eigenvalue weighted by Crippen LogP contribution is 2.38. The zero-order chi connectivity index (χ0) is 24.3. The second-order valence-corrected chi connectivity index (χ2v) is 9.41. The van der Waals surface area contributed by atoms with E-state index in [-0.39, 0.29) is 11.9 Å². The highest BCUT2D eigenvalue weighted by Gasteiger charge is 2.57. The molecular formula is C27H33N3O5. The Morgan fingerprint density at radius 2 is 1.66 bits per heavy atom. The number of ether oxygens (including phenoxy) is 3. The van der Waals surface area contributed by atoms with Gasteiger partial charge >= 0.3 is 6.03 Å². The van der Waals surface area contributed by atoms with Gasteiger partial charge in [0.1, 0.15) is 18.8 Å². The van der Waals surface area contributed by atoms with Crippen molar-refractivity contribution in [2.24, 2.45) is 0 Å². The van der Waals surface area contributed by atoms with Crippen molar-refractivity contribution >= 4 is 11.9 Å². The molecular weight excluding hydrogens is 446 g/mol. The van der Waals surface area contributed by atoms with Crippen molar-refractivity contribution in [3.05, 3.63) is 59.7 Å². The Morgan fingerprint density at radius 1 is 0.914 bits per heavy atom. The number of amides is 3. The van der Waals surface area contributed by atoms with E-state index in [9.17, 15) is 9.59 Å². The SMILES string of the molecule is COCCN1C(=O)N(CCc2ccccc2)C(=O)C12CCN(Cc1ccc3c(c1)OCCO3)CC2. The molecule has 0 aromatic heterocycles. The fraction of sp³-hybridized carbons (Fsp3) is 0.481. The molecule has 2 aromatic carbocycles. The molecule has 3 aliphatic rings. The summed E-state index contributed by atoms with van der Waals surface area (Å²) in [4.78, 5) is 32.6. The van der Waals surface area contributed by atoms with Gasteiger partial charge in [-0.3, -0.25) is 14.6 Å². The molecule has 5 rings (SSSR count). The lowest BCUT2D eigenvalue weighted by Crippen LogP contribution is -2.57. The maximum Gasteiger partial charge on any atom is 0.327 e. The Kier molecular flexibility index (Phi) is 6.92. The predicted molar refractivity (Wildman–Crippen MR) is 131 cm³/mol. The molecule has 8 nitrogen and oxygen atoms in total. The average Bonchev–Trinajstić information content (AvgIpc) is 3.08. The Balaban J connectivity index is 1.26. The molecule has 35 heavy (non-hydrogen) atoms. The summed E-state index contributed by atoms with van der Waals surface area (Å²) in [6.45, 7) is 4.62. The van der Waals surface area contributed by atoms with Gasteiger partial charge < -0.3 is 19.1 Å². The lowest BCUT2D eigenvalue weighted by Gasteiger charge is -2.42. The van der Waals surface area contributed by atoms with Crippen LogP contribution < -0.4 is 9.47 Å². The first kappa shape index (κ1) is 23.6. The van der Waals surface area contributed by atoms with Crippen LogP contribution in [0.4, 0.5) is 4.79 Å². The molecule has 0 saturated carbocycles. The van der Waals surface area contributed by atoms with Gasteiger partial charge in [-0.05, 0) is 42.5 Å². The fourth-order valence-electron chi connectivity index (χ4n) is 5.37. The monoisotopic (exact) mass is 479 g/mol. The van der Waals surface area contributed by atoms with Crippen LogP contribution in [0.5, 0.6) is 11.5 Å². The van der Waals surface area contributed by atoms with Crippen LogP contribution >= 0.6 is 0 Å². The van der Waals surface area contributed by atoms with Crippen molar-refractivity contribution in [3.63, 3.8) is 0 Å². The van der Waals surface area contributed by atoms with Crippen LogP contribution in [-0.4, -0.2) is 85.3 Å². The molecule has 3 heterocycles. The highest BCUT2D eigenvalue weighted by molar-refractivity contribution is 6.07. The number of fused-ring (bicyclic) bond motifs is 1. The van der Waals surface area contributed by atoms with Crippen molar-refractivity contribution in [1.29, 1.82) is 0 Å². The van der Waals surface area contributed by atoms with Gasteiger partial charge in [-0.2, -0.15) is 0 Å². The van der Waals surface area contributed by atoms with Crippen LogP contribution in [0.3, 0.4) is 0 Å². The second-order valence-electron chi connectivity index (χ2n) is 9.41. The smallest absolute Gasteiger partial charge is 0.327 e. The molecule has 2 aromatic rings. The lowest BCUT2D eigenvalue weighted by atomic mass is 9.85. The van der Waals surface area contributed by atoms with Crippen molar-refractivity contribution in [1.82, 2.24) is 14.7 Å². The number of hydrogen-bond acceptors (Lipinski definition) is 6. The summed E-state index contributed by atoms with van der Waals surface area (Å²) in [5, 5.41) is 0. The predicted octanol–water partition coefficient (Wildman–Crippen LogP) is 2.95. The summed E-state index contributed by atoms with van der Waals surface area (Å²) >= 11 is 0. The summed E-state index contributed by atoms with van der Waals surface area (Å²) < 4.78 is 16.6. The van der Waals surface area contributed by atoms with Gasteiger partial charge in [-0.15, -0.1) is 0 Å². The summed E-state index contributed by atoms with van der Waals surface area (Å²) in [6, 6.07) is 15.9. The van der Waals surface area contributed by atoms with Gasteiger partial charge in [0.05, 0.1) is 6.61 Å². The number of hydrogen-bond donors (Lipinski definition) is 0. The van der Waals surface area contributed by atoms with Crippen molar-refractivity contribution in [3.8, 4) is 11.5 Å². The van der Waals surface area contributed by atoms with Crippen LogP contribution in [0.25, 0.3) is 0 Å². The zero-order valence-electron chi connectivity index (χ0n) is 20.3. The molecule has 3 amide bonds.